The van der Waals surface area contributed by atoms with Crippen molar-refractivity contribution in [2.75, 3.05) is 38.2 Å². The average molecular weight is 569 g/mol. The highest BCUT2D eigenvalue weighted by molar-refractivity contribution is 6.00. The number of pyridine rings is 1. The van der Waals surface area contributed by atoms with Gasteiger partial charge in [0, 0.05) is 43.0 Å². The first kappa shape index (κ1) is 26.6. The summed E-state index contributed by atoms with van der Waals surface area (Å²) in [4.78, 5) is 32.8. The zero-order chi connectivity index (χ0) is 29.0. The second-order valence-electron chi connectivity index (χ2n) is 11.6. The molecule has 3 aliphatic rings. The Hall–Kier alpha value is -4.31. The third kappa shape index (κ3) is 4.50. The minimum Gasteiger partial charge on any atom is -0.508 e. The molecule has 9 nitrogen and oxygen atoms in total. The van der Waals surface area contributed by atoms with Gasteiger partial charge in [-0.2, -0.15) is 9.97 Å². The molecule has 216 valence electrons. The number of halogens is 1. The molecule has 5 heterocycles. The number of ether oxygens (including phenoxy) is 1. The maximum absolute atomic E-state index is 16.5. The Morgan fingerprint density at radius 1 is 1.14 bits per heavy atom. The van der Waals surface area contributed by atoms with E-state index in [1.165, 1.54) is 12.1 Å². The van der Waals surface area contributed by atoms with Crippen molar-refractivity contribution < 1.29 is 19.0 Å². The van der Waals surface area contributed by atoms with Crippen molar-refractivity contribution in [2.45, 2.75) is 43.8 Å². The Kier molecular flexibility index (Phi) is 6.65. The summed E-state index contributed by atoms with van der Waals surface area (Å²) in [5.74, 6) is -0.0788. The number of phenolic OH excluding ortho intramolecular Hbond substituents is 1. The summed E-state index contributed by atoms with van der Waals surface area (Å²) >= 11 is 0. The van der Waals surface area contributed by atoms with Crippen molar-refractivity contribution in [1.82, 2.24) is 24.8 Å². The quantitative estimate of drug-likeness (QED) is 0.339. The lowest BCUT2D eigenvalue weighted by Crippen LogP contribution is -2.55. The first-order chi connectivity index (χ1) is 20.4. The van der Waals surface area contributed by atoms with E-state index in [9.17, 15) is 9.90 Å². The topological polar surface area (TPSA) is 94.9 Å². The number of nitrogens with zero attached hydrogens (tertiary/aromatic N) is 6. The number of carbonyl (C=O) groups is 1. The van der Waals surface area contributed by atoms with Crippen LogP contribution in [0.25, 0.3) is 32.9 Å². The number of carbonyl (C=O) groups excluding carboxylic acids is 1. The van der Waals surface area contributed by atoms with Crippen LogP contribution in [0, 0.1) is 5.82 Å². The van der Waals surface area contributed by atoms with Crippen molar-refractivity contribution in [1.29, 1.82) is 0 Å². The van der Waals surface area contributed by atoms with Crippen LogP contribution in [0.15, 0.2) is 55.3 Å². The monoisotopic (exact) mass is 568 g/mol. The van der Waals surface area contributed by atoms with Gasteiger partial charge in [0.05, 0.1) is 5.39 Å². The van der Waals surface area contributed by atoms with E-state index >= 15 is 4.39 Å². The highest BCUT2D eigenvalue weighted by Crippen LogP contribution is 2.39. The number of hydrogen-bond acceptors (Lipinski definition) is 8. The van der Waals surface area contributed by atoms with Gasteiger partial charge in [-0.1, -0.05) is 30.8 Å². The third-order valence-corrected chi connectivity index (χ3v) is 9.03. The lowest BCUT2D eigenvalue weighted by Gasteiger charge is -2.41. The molecular formula is C32H33FN6O3. The third-order valence-electron chi connectivity index (χ3n) is 9.03. The number of phenols is 1. The van der Waals surface area contributed by atoms with Gasteiger partial charge in [0.25, 0.3) is 0 Å². The highest BCUT2D eigenvalue weighted by atomic mass is 19.1. The summed E-state index contributed by atoms with van der Waals surface area (Å²) < 4.78 is 22.7. The van der Waals surface area contributed by atoms with Gasteiger partial charge in [-0.05, 0) is 68.3 Å². The smallest absolute Gasteiger partial charge is 0.319 e. The number of piperazine rings is 1. The fraction of sp³-hybridized carbons (Fsp3) is 0.375. The molecule has 42 heavy (non-hydrogen) atoms. The number of aromatic nitrogens is 3. The number of aromatic hydroxyl groups is 1. The number of fused-ring (bicyclic) bond motifs is 4. The summed E-state index contributed by atoms with van der Waals surface area (Å²) in [5, 5.41) is 12.5. The second-order valence-corrected chi connectivity index (χ2v) is 11.6. The number of hydrogen-bond donors (Lipinski definition) is 1. The predicted octanol–water partition coefficient (Wildman–Crippen LogP) is 4.53. The van der Waals surface area contributed by atoms with Crippen LogP contribution < -0.4 is 9.64 Å². The average Bonchev–Trinajstić information content (AvgIpc) is 3.53. The number of likely N-dealkylation sites (tertiary alicyclic amines) is 1. The number of anilines is 1. The van der Waals surface area contributed by atoms with Crippen molar-refractivity contribution in [3.8, 4) is 23.0 Å². The summed E-state index contributed by atoms with van der Waals surface area (Å²) in [6, 6.07) is 11.1. The van der Waals surface area contributed by atoms with Crippen molar-refractivity contribution in [2.24, 2.45) is 0 Å². The van der Waals surface area contributed by atoms with E-state index in [1.54, 1.807) is 12.3 Å². The van der Waals surface area contributed by atoms with Crippen LogP contribution in [0.5, 0.6) is 11.8 Å². The van der Waals surface area contributed by atoms with Crippen LogP contribution in [0.3, 0.4) is 0 Å². The molecule has 0 radical (unpaired) electrons. The molecule has 2 aromatic heterocycles. The molecule has 2 bridgehead atoms. The SMILES string of the molecule is C=CC(=O)N1C2CCC1CN(c1nc(OC[C@@H]3CCCN3C)nc3c(F)c(-c4cc(O)cc5ccccc45)ncc13)C2. The van der Waals surface area contributed by atoms with Crippen molar-refractivity contribution >= 4 is 33.4 Å². The predicted molar refractivity (Wildman–Crippen MR) is 159 cm³/mol. The molecular weight excluding hydrogens is 535 g/mol. The molecule has 0 aliphatic carbocycles. The van der Waals surface area contributed by atoms with Crippen LogP contribution in [-0.4, -0.2) is 87.2 Å². The minimum absolute atomic E-state index is 0.0199. The van der Waals surface area contributed by atoms with Crippen LogP contribution in [0.1, 0.15) is 25.7 Å². The van der Waals surface area contributed by atoms with Crippen LogP contribution in [0.2, 0.25) is 0 Å². The Labute approximate surface area is 243 Å². The van der Waals surface area contributed by atoms with E-state index in [0.717, 1.165) is 43.0 Å². The molecule has 2 aromatic carbocycles. The molecule has 3 saturated heterocycles. The van der Waals surface area contributed by atoms with E-state index in [2.05, 4.69) is 33.4 Å². The largest absolute Gasteiger partial charge is 0.508 e. The lowest BCUT2D eigenvalue weighted by atomic mass is 10.00. The number of likely N-dealkylation sites (N-methyl/N-ethyl adjacent to an activating group) is 1. The van der Waals surface area contributed by atoms with E-state index in [4.69, 9.17) is 9.72 Å². The molecule has 1 N–H and O–H groups in total. The first-order valence-corrected chi connectivity index (χ1v) is 14.5. The molecule has 3 fully saturated rings. The highest BCUT2D eigenvalue weighted by Gasteiger charge is 2.42. The Morgan fingerprint density at radius 2 is 1.93 bits per heavy atom. The molecule has 4 aromatic rings. The van der Waals surface area contributed by atoms with E-state index in [-0.39, 0.29) is 47.0 Å². The summed E-state index contributed by atoms with van der Waals surface area (Å²) in [6.07, 6.45) is 6.89. The van der Waals surface area contributed by atoms with Crippen LogP contribution in [-0.2, 0) is 4.79 Å². The van der Waals surface area contributed by atoms with Gasteiger partial charge in [0.1, 0.15) is 29.4 Å². The summed E-state index contributed by atoms with van der Waals surface area (Å²) in [5.41, 5.74) is 0.696. The molecule has 7 rings (SSSR count). The van der Waals surface area contributed by atoms with Crippen molar-refractivity contribution in [3.63, 3.8) is 0 Å². The fourth-order valence-electron chi connectivity index (χ4n) is 6.91. The number of amides is 1. The zero-order valence-electron chi connectivity index (χ0n) is 23.5. The normalized spacial score (nSPS) is 22.3. The van der Waals surface area contributed by atoms with Gasteiger partial charge in [-0.25, -0.2) is 4.39 Å². The minimum atomic E-state index is -0.599. The molecule has 3 atom stereocenters. The molecule has 2 unspecified atom stereocenters. The molecule has 10 heteroatoms. The van der Waals surface area contributed by atoms with Gasteiger partial charge in [0.15, 0.2) is 5.82 Å². The molecule has 3 aliphatic heterocycles. The first-order valence-electron chi connectivity index (χ1n) is 14.5. The van der Waals surface area contributed by atoms with Gasteiger partial charge >= 0.3 is 6.01 Å². The van der Waals surface area contributed by atoms with E-state index < -0.39 is 5.82 Å². The maximum Gasteiger partial charge on any atom is 0.319 e. The van der Waals surface area contributed by atoms with Gasteiger partial charge in [-0.15, -0.1) is 0 Å². The van der Waals surface area contributed by atoms with Crippen LogP contribution >= 0.6 is 0 Å². The number of rotatable bonds is 6. The number of benzene rings is 2. The standard InChI is InChI=1S/C32H33FN6O3/c1-3-27(41)39-20-10-11-21(39)17-38(16-20)31-26-15-34-29(25-14-23(40)13-19-7-4-5-9-24(19)25)28(33)30(26)35-32(36-31)42-18-22-8-6-12-37(22)2/h3-5,7,9,13-15,20-22,40H,1,6,8,10-12,16-18H2,2H3/t20?,21?,22-/m0/s1. The molecule has 0 spiro atoms. The Morgan fingerprint density at radius 3 is 2.67 bits per heavy atom. The van der Waals surface area contributed by atoms with Crippen LogP contribution in [0.4, 0.5) is 10.2 Å². The van der Waals surface area contributed by atoms with Gasteiger partial charge in [0.2, 0.25) is 5.91 Å². The second kappa shape index (κ2) is 10.5. The van der Waals surface area contributed by atoms with E-state index in [1.807, 2.05) is 29.2 Å². The summed E-state index contributed by atoms with van der Waals surface area (Å²) in [6.45, 7) is 6.22. The molecule has 0 saturated carbocycles. The summed E-state index contributed by atoms with van der Waals surface area (Å²) in [7, 11) is 2.07. The van der Waals surface area contributed by atoms with Crippen molar-refractivity contribution in [3.05, 3.63) is 61.1 Å². The van der Waals surface area contributed by atoms with Gasteiger partial charge < -0.3 is 24.5 Å². The fourth-order valence-corrected chi connectivity index (χ4v) is 6.91. The van der Waals surface area contributed by atoms with Gasteiger partial charge in [-0.3, -0.25) is 9.78 Å². The van der Waals surface area contributed by atoms with E-state index in [0.29, 0.717) is 36.5 Å². The maximum atomic E-state index is 16.5. The lowest BCUT2D eigenvalue weighted by molar-refractivity contribution is -0.129. The zero-order valence-corrected chi connectivity index (χ0v) is 23.5. The Bertz CT molecular complexity index is 1700. The Balaban J connectivity index is 1.33. The molecule has 1 amide bonds.